The van der Waals surface area contributed by atoms with Gasteiger partial charge >= 0.3 is 0 Å². The highest BCUT2D eigenvalue weighted by Crippen LogP contribution is 2.31. The van der Waals surface area contributed by atoms with Gasteiger partial charge in [0.15, 0.2) is 0 Å². The Labute approximate surface area is 132 Å². The Kier molecular flexibility index (Phi) is 4.79. The summed E-state index contributed by atoms with van der Waals surface area (Å²) in [5.41, 5.74) is 1.42. The van der Waals surface area contributed by atoms with Gasteiger partial charge in [-0.25, -0.2) is 0 Å². The Morgan fingerprint density at radius 2 is 1.81 bits per heavy atom. The Morgan fingerprint density at radius 3 is 2.38 bits per heavy atom. The monoisotopic (exact) mass is 309 g/mol. The largest absolute Gasteiger partial charge is 0.367 e. The van der Waals surface area contributed by atoms with Crippen LogP contribution in [0.15, 0.2) is 18.2 Å². The number of likely N-dealkylation sites (N-methyl/N-ethyl adjacent to an activating group) is 1. The third-order valence-electron chi connectivity index (χ3n) is 3.73. The molecule has 2 rings (SSSR count). The highest BCUT2D eigenvalue weighted by molar-refractivity contribution is 6.31. The first-order valence-electron chi connectivity index (χ1n) is 7.32. The van der Waals surface area contributed by atoms with Crippen LogP contribution in [0.1, 0.15) is 20.8 Å². The van der Waals surface area contributed by atoms with Crippen molar-refractivity contribution in [1.82, 2.24) is 4.90 Å². The summed E-state index contributed by atoms with van der Waals surface area (Å²) in [5.74, 6) is 0.000133. The number of rotatable bonds is 2. The molecular formula is C16H24ClN3O. The Bertz CT molecular complexity index is 517. The Morgan fingerprint density at radius 1 is 1.19 bits per heavy atom. The third kappa shape index (κ3) is 4.11. The standard InChI is InChI=1S/C16H24ClN3O/c1-16(2,3)15(21)18-13-11-12(17)5-6-14(13)20-9-7-19(4)8-10-20/h5-6,11H,7-10H2,1-4H3,(H,18,21). The first kappa shape index (κ1) is 16.1. The van der Waals surface area contributed by atoms with E-state index in [0.717, 1.165) is 37.6 Å². The highest BCUT2D eigenvalue weighted by Gasteiger charge is 2.24. The molecule has 0 atom stereocenters. The molecule has 1 amide bonds. The molecule has 0 aromatic heterocycles. The summed E-state index contributed by atoms with van der Waals surface area (Å²) < 4.78 is 0. The van der Waals surface area contributed by atoms with Gasteiger partial charge in [0.2, 0.25) is 5.91 Å². The summed E-state index contributed by atoms with van der Waals surface area (Å²) in [6, 6.07) is 5.70. The molecule has 0 bridgehead atoms. The molecular weight excluding hydrogens is 286 g/mol. The molecule has 1 N–H and O–H groups in total. The van der Waals surface area contributed by atoms with Gasteiger partial charge in [0, 0.05) is 36.6 Å². The Balaban J connectivity index is 2.23. The van der Waals surface area contributed by atoms with Crippen molar-refractivity contribution in [2.24, 2.45) is 5.41 Å². The van der Waals surface area contributed by atoms with Gasteiger partial charge in [-0.15, -0.1) is 0 Å². The van der Waals surface area contributed by atoms with E-state index in [1.807, 2.05) is 39.0 Å². The van der Waals surface area contributed by atoms with Gasteiger partial charge in [-0.05, 0) is 25.2 Å². The van der Waals surface area contributed by atoms with Crippen molar-refractivity contribution < 1.29 is 4.79 Å². The van der Waals surface area contributed by atoms with Crippen LogP contribution in [0.3, 0.4) is 0 Å². The first-order valence-corrected chi connectivity index (χ1v) is 7.69. The fraction of sp³-hybridized carbons (Fsp3) is 0.562. The van der Waals surface area contributed by atoms with Gasteiger partial charge in [-0.3, -0.25) is 4.79 Å². The molecule has 5 heteroatoms. The normalized spacial score (nSPS) is 16.9. The molecule has 0 radical (unpaired) electrons. The van der Waals surface area contributed by atoms with E-state index in [9.17, 15) is 4.79 Å². The number of carbonyl (C=O) groups excluding carboxylic acids is 1. The number of hydrogen-bond donors (Lipinski definition) is 1. The molecule has 0 spiro atoms. The predicted molar refractivity (Wildman–Crippen MR) is 89.2 cm³/mol. The second-order valence-electron chi connectivity index (χ2n) is 6.66. The van der Waals surface area contributed by atoms with Crippen molar-refractivity contribution in [3.05, 3.63) is 23.2 Å². The second-order valence-corrected chi connectivity index (χ2v) is 7.09. The van der Waals surface area contributed by atoms with Crippen molar-refractivity contribution >= 4 is 28.9 Å². The molecule has 1 aromatic rings. The summed E-state index contributed by atoms with van der Waals surface area (Å²) in [4.78, 5) is 16.9. The van der Waals surface area contributed by atoms with Gasteiger partial charge < -0.3 is 15.1 Å². The van der Waals surface area contributed by atoms with Crippen molar-refractivity contribution in [1.29, 1.82) is 0 Å². The molecule has 1 saturated heterocycles. The number of carbonyl (C=O) groups is 1. The molecule has 1 heterocycles. The fourth-order valence-electron chi connectivity index (χ4n) is 2.24. The number of nitrogens with one attached hydrogen (secondary N) is 1. The maximum atomic E-state index is 12.3. The van der Waals surface area contributed by atoms with E-state index >= 15 is 0 Å². The van der Waals surface area contributed by atoms with Crippen LogP contribution in [-0.4, -0.2) is 44.0 Å². The maximum Gasteiger partial charge on any atom is 0.229 e. The van der Waals surface area contributed by atoms with E-state index < -0.39 is 5.41 Å². The van der Waals surface area contributed by atoms with Gasteiger partial charge in [0.05, 0.1) is 11.4 Å². The minimum Gasteiger partial charge on any atom is -0.367 e. The molecule has 1 aromatic carbocycles. The van der Waals surface area contributed by atoms with Gasteiger partial charge in [0.25, 0.3) is 0 Å². The number of benzene rings is 1. The van der Waals surface area contributed by atoms with Crippen molar-refractivity contribution in [2.45, 2.75) is 20.8 Å². The van der Waals surface area contributed by atoms with Gasteiger partial charge in [-0.2, -0.15) is 0 Å². The molecule has 116 valence electrons. The zero-order valence-corrected chi connectivity index (χ0v) is 14.0. The van der Waals surface area contributed by atoms with Gasteiger partial charge in [-0.1, -0.05) is 32.4 Å². The minimum atomic E-state index is -0.429. The summed E-state index contributed by atoms with van der Waals surface area (Å²) in [6.07, 6.45) is 0. The van der Waals surface area contributed by atoms with Crippen LogP contribution in [0.4, 0.5) is 11.4 Å². The predicted octanol–water partition coefficient (Wildman–Crippen LogP) is 3.08. The lowest BCUT2D eigenvalue weighted by atomic mass is 9.95. The molecule has 1 aliphatic rings. The zero-order valence-electron chi connectivity index (χ0n) is 13.2. The molecule has 21 heavy (non-hydrogen) atoms. The SMILES string of the molecule is CN1CCN(c2ccc(Cl)cc2NC(=O)C(C)(C)C)CC1. The van der Waals surface area contributed by atoms with Crippen LogP contribution in [0.25, 0.3) is 0 Å². The van der Waals surface area contributed by atoms with Crippen LogP contribution in [0, 0.1) is 5.41 Å². The van der Waals surface area contributed by atoms with Crippen LogP contribution < -0.4 is 10.2 Å². The van der Waals surface area contributed by atoms with E-state index in [-0.39, 0.29) is 5.91 Å². The first-order chi connectivity index (χ1) is 9.77. The number of halogens is 1. The molecule has 0 aliphatic carbocycles. The number of hydrogen-bond acceptors (Lipinski definition) is 3. The average molecular weight is 310 g/mol. The van der Waals surface area contributed by atoms with E-state index in [1.54, 1.807) is 0 Å². The van der Waals surface area contributed by atoms with E-state index in [1.165, 1.54) is 0 Å². The average Bonchev–Trinajstić information content (AvgIpc) is 2.39. The van der Waals surface area contributed by atoms with Crippen molar-refractivity contribution in [3.63, 3.8) is 0 Å². The van der Waals surface area contributed by atoms with Gasteiger partial charge in [0.1, 0.15) is 0 Å². The van der Waals surface area contributed by atoms with E-state index in [2.05, 4.69) is 22.2 Å². The summed E-state index contributed by atoms with van der Waals surface area (Å²) >= 11 is 6.10. The molecule has 0 saturated carbocycles. The van der Waals surface area contributed by atoms with Crippen LogP contribution in [-0.2, 0) is 4.79 Å². The third-order valence-corrected chi connectivity index (χ3v) is 3.97. The number of amides is 1. The van der Waals surface area contributed by atoms with Crippen LogP contribution >= 0.6 is 11.6 Å². The lowest BCUT2D eigenvalue weighted by molar-refractivity contribution is -0.123. The summed E-state index contributed by atoms with van der Waals surface area (Å²) in [5, 5.41) is 3.66. The maximum absolute atomic E-state index is 12.3. The number of piperazine rings is 1. The highest BCUT2D eigenvalue weighted by atomic mass is 35.5. The topological polar surface area (TPSA) is 35.6 Å². The van der Waals surface area contributed by atoms with Crippen LogP contribution in [0.5, 0.6) is 0 Å². The molecule has 4 nitrogen and oxygen atoms in total. The minimum absolute atomic E-state index is 0.000133. The quantitative estimate of drug-likeness (QED) is 0.912. The molecule has 1 aliphatic heterocycles. The zero-order chi connectivity index (χ0) is 15.6. The fourth-order valence-corrected chi connectivity index (χ4v) is 2.41. The Hall–Kier alpha value is -1.26. The van der Waals surface area contributed by atoms with E-state index in [4.69, 9.17) is 11.6 Å². The molecule has 1 fully saturated rings. The smallest absolute Gasteiger partial charge is 0.229 e. The number of nitrogens with zero attached hydrogens (tertiary/aromatic N) is 2. The van der Waals surface area contributed by atoms with E-state index in [0.29, 0.717) is 5.02 Å². The summed E-state index contributed by atoms with van der Waals surface area (Å²) in [6.45, 7) is 9.67. The second kappa shape index (κ2) is 6.24. The number of anilines is 2. The van der Waals surface area contributed by atoms with Crippen molar-refractivity contribution in [2.75, 3.05) is 43.4 Å². The van der Waals surface area contributed by atoms with Crippen LogP contribution in [0.2, 0.25) is 5.02 Å². The molecule has 0 unspecified atom stereocenters. The van der Waals surface area contributed by atoms with Crippen molar-refractivity contribution in [3.8, 4) is 0 Å². The lowest BCUT2D eigenvalue weighted by Crippen LogP contribution is -2.44. The lowest BCUT2D eigenvalue weighted by Gasteiger charge is -2.35. The summed E-state index contributed by atoms with van der Waals surface area (Å²) in [7, 11) is 2.13.